The molecule has 1 amide bonds. The second kappa shape index (κ2) is 6.70. The molecule has 0 saturated heterocycles. The van der Waals surface area contributed by atoms with Gasteiger partial charge in [-0.3, -0.25) is 0 Å². The molecule has 6 rings (SSSR count). The van der Waals surface area contributed by atoms with Gasteiger partial charge in [0.1, 0.15) is 11.2 Å². The molecule has 146 valence electrons. The maximum atomic E-state index is 12.9. The van der Waals surface area contributed by atoms with Crippen LogP contribution >= 0.6 is 0 Å². The van der Waals surface area contributed by atoms with E-state index in [1.165, 1.54) is 56.2 Å². The Bertz CT molecular complexity index is 679. The van der Waals surface area contributed by atoms with E-state index in [9.17, 15) is 4.79 Å². The predicted molar refractivity (Wildman–Crippen MR) is 108 cm³/mol. The van der Waals surface area contributed by atoms with E-state index in [1.54, 1.807) is 0 Å². The van der Waals surface area contributed by atoms with Crippen molar-refractivity contribution in [2.45, 2.75) is 76.4 Å². The van der Waals surface area contributed by atoms with Crippen LogP contribution in [0.1, 0.15) is 76.4 Å². The van der Waals surface area contributed by atoms with Crippen LogP contribution in [0.2, 0.25) is 0 Å². The number of ether oxygens (including phenoxy) is 1. The summed E-state index contributed by atoms with van der Waals surface area (Å²) < 4.78 is 6.86. The summed E-state index contributed by atoms with van der Waals surface area (Å²) in [7, 11) is 0. The summed E-state index contributed by atoms with van der Waals surface area (Å²) in [5, 5.41) is 0. The summed E-state index contributed by atoms with van der Waals surface area (Å²) >= 11 is 0. The van der Waals surface area contributed by atoms with Gasteiger partial charge in [0, 0.05) is 43.9 Å². The van der Waals surface area contributed by atoms with Gasteiger partial charge in [-0.05, 0) is 43.4 Å². The first-order chi connectivity index (χ1) is 13.2. The van der Waals surface area contributed by atoms with Crippen LogP contribution in [-0.2, 0) is 9.53 Å². The molecule has 2 unspecified atom stereocenters. The number of carbonyl (C=O) groups is 1. The normalized spacial score (nSPS) is 42.1. The number of nitrogens with zero attached hydrogens (tertiary/aromatic N) is 1. The van der Waals surface area contributed by atoms with Gasteiger partial charge >= 0.3 is 6.41 Å². The minimum absolute atomic E-state index is 0.154. The first kappa shape index (κ1) is 17.9. The highest BCUT2D eigenvalue weighted by Crippen LogP contribution is 2.61. The zero-order chi connectivity index (χ0) is 18.5. The Morgan fingerprint density at radius 3 is 2.41 bits per heavy atom. The number of amides is 1. The third-order valence-corrected chi connectivity index (χ3v) is 8.31. The van der Waals surface area contributed by atoms with Gasteiger partial charge in [0.2, 0.25) is 0 Å². The number of fused-ring (bicyclic) bond motifs is 1. The molecule has 1 aromatic carbocycles. The number of unbranched alkanes of at least 4 members (excludes halogenated alkanes) is 1. The molecule has 4 fully saturated rings. The smallest absolute Gasteiger partial charge is 0.307 e. The second-order valence-electron chi connectivity index (χ2n) is 9.90. The zero-order valence-corrected chi connectivity index (χ0v) is 16.7. The third-order valence-electron chi connectivity index (χ3n) is 8.31. The van der Waals surface area contributed by atoms with Gasteiger partial charge in [-0.2, -0.15) is 0 Å². The Morgan fingerprint density at radius 1 is 1.11 bits per heavy atom. The Hall–Kier alpha value is -1.19. The van der Waals surface area contributed by atoms with Gasteiger partial charge in [-0.1, -0.05) is 31.5 Å². The Morgan fingerprint density at radius 2 is 1.78 bits per heavy atom. The molecule has 1 aromatic rings. The summed E-state index contributed by atoms with van der Waals surface area (Å²) in [5.74, 6) is 2.57. The highest BCUT2D eigenvalue weighted by molar-refractivity contribution is 5.75. The van der Waals surface area contributed by atoms with E-state index in [0.29, 0.717) is 4.48 Å². The lowest BCUT2D eigenvalue weighted by Gasteiger charge is -2.62. The largest absolute Gasteiger partial charge is 0.373 e. The SMILES string of the molecule is CCCCOC1CC[N+](C=O)(C23CC4CC(CC(C4)C2)C3)c2ccccc21. The fraction of sp³-hybridized carbons (Fsp3) is 0.708. The van der Waals surface area contributed by atoms with Crippen molar-refractivity contribution in [1.82, 2.24) is 4.48 Å². The van der Waals surface area contributed by atoms with Gasteiger partial charge in [0.05, 0.1) is 12.6 Å². The number of carbonyl (C=O) groups excluding carboxylic acids is 1. The van der Waals surface area contributed by atoms with Crippen molar-refractivity contribution in [1.29, 1.82) is 0 Å². The van der Waals surface area contributed by atoms with E-state index in [2.05, 4.69) is 31.2 Å². The fourth-order valence-corrected chi connectivity index (χ4v) is 7.53. The molecule has 3 nitrogen and oxygen atoms in total. The Balaban J connectivity index is 1.54. The van der Waals surface area contributed by atoms with Crippen LogP contribution in [0.15, 0.2) is 24.3 Å². The molecular formula is C24H34NO2+. The number of rotatable bonds is 6. The van der Waals surface area contributed by atoms with Gasteiger partial charge in [0.25, 0.3) is 0 Å². The van der Waals surface area contributed by atoms with Crippen LogP contribution in [0.3, 0.4) is 0 Å². The van der Waals surface area contributed by atoms with Crippen LogP contribution in [-0.4, -0.2) is 25.1 Å². The summed E-state index contributed by atoms with van der Waals surface area (Å²) in [5.41, 5.74) is 2.69. The minimum atomic E-state index is 0.154. The van der Waals surface area contributed by atoms with Crippen molar-refractivity contribution in [3.8, 4) is 0 Å². The van der Waals surface area contributed by atoms with Gasteiger partial charge in [0.15, 0.2) is 0 Å². The molecule has 0 spiro atoms. The van der Waals surface area contributed by atoms with E-state index in [1.807, 2.05) is 0 Å². The van der Waals surface area contributed by atoms with E-state index >= 15 is 0 Å². The maximum Gasteiger partial charge on any atom is 0.307 e. The van der Waals surface area contributed by atoms with Crippen molar-refractivity contribution >= 4 is 12.1 Å². The number of benzene rings is 1. The van der Waals surface area contributed by atoms with Crippen LogP contribution in [0.5, 0.6) is 0 Å². The summed E-state index contributed by atoms with van der Waals surface area (Å²) in [6.45, 7) is 3.96. The average Bonchev–Trinajstić information content (AvgIpc) is 2.67. The molecule has 5 aliphatic rings. The molecule has 3 heteroatoms. The molecule has 27 heavy (non-hydrogen) atoms. The molecule has 4 saturated carbocycles. The van der Waals surface area contributed by atoms with E-state index in [0.717, 1.165) is 50.2 Å². The lowest BCUT2D eigenvalue weighted by molar-refractivity contribution is -0.138. The Kier molecular flexibility index (Phi) is 4.44. The first-order valence-electron chi connectivity index (χ1n) is 11.2. The number of para-hydroxylation sites is 1. The van der Waals surface area contributed by atoms with Crippen LogP contribution < -0.4 is 4.48 Å². The van der Waals surface area contributed by atoms with Gasteiger partial charge in [-0.25, -0.2) is 9.28 Å². The van der Waals surface area contributed by atoms with E-state index < -0.39 is 0 Å². The molecule has 4 aliphatic carbocycles. The van der Waals surface area contributed by atoms with Crippen LogP contribution in [0.4, 0.5) is 5.69 Å². The molecule has 0 aromatic heterocycles. The van der Waals surface area contributed by atoms with Crippen molar-refractivity contribution in [3.05, 3.63) is 29.8 Å². The van der Waals surface area contributed by atoms with Crippen LogP contribution in [0.25, 0.3) is 0 Å². The van der Waals surface area contributed by atoms with E-state index in [-0.39, 0.29) is 11.6 Å². The summed E-state index contributed by atoms with van der Waals surface area (Å²) in [6, 6.07) is 8.71. The average molecular weight is 369 g/mol. The minimum Gasteiger partial charge on any atom is -0.373 e. The Labute approximate surface area is 163 Å². The van der Waals surface area contributed by atoms with Crippen molar-refractivity contribution < 1.29 is 9.53 Å². The lowest BCUT2D eigenvalue weighted by atomic mass is 9.51. The molecule has 4 bridgehead atoms. The third kappa shape index (κ3) is 2.65. The highest BCUT2D eigenvalue weighted by Gasteiger charge is 2.63. The molecule has 1 aliphatic heterocycles. The standard InChI is InChI=1S/C24H34NO2/c1-2-3-10-27-23-8-9-25(17-26,22-7-5-4-6-21(22)23)24-14-18-11-19(15-24)13-20(12-18)16-24/h4-7,17-20,23H,2-3,8-16H2,1H3/q+1. The van der Waals surface area contributed by atoms with Crippen LogP contribution in [0, 0.1) is 17.8 Å². The first-order valence-corrected chi connectivity index (χ1v) is 11.2. The summed E-state index contributed by atoms with van der Waals surface area (Å²) in [4.78, 5) is 12.9. The van der Waals surface area contributed by atoms with E-state index in [4.69, 9.17) is 4.74 Å². The lowest BCUT2D eigenvalue weighted by Crippen LogP contribution is -2.72. The number of hydrogen-bond acceptors (Lipinski definition) is 2. The monoisotopic (exact) mass is 368 g/mol. The maximum absolute atomic E-state index is 12.9. The molecular weight excluding hydrogens is 334 g/mol. The van der Waals surface area contributed by atoms with Crippen molar-refractivity contribution in [2.75, 3.05) is 13.2 Å². The molecule has 0 N–H and O–H groups in total. The highest BCUT2D eigenvalue weighted by atomic mass is 16.5. The quantitative estimate of drug-likeness (QED) is 0.383. The van der Waals surface area contributed by atoms with Crippen molar-refractivity contribution in [2.24, 2.45) is 17.8 Å². The number of hydrogen-bond donors (Lipinski definition) is 0. The molecule has 1 heterocycles. The van der Waals surface area contributed by atoms with Gasteiger partial charge < -0.3 is 4.74 Å². The topological polar surface area (TPSA) is 26.3 Å². The fourth-order valence-electron chi connectivity index (χ4n) is 7.53. The molecule has 2 atom stereocenters. The molecule has 0 radical (unpaired) electrons. The predicted octanol–water partition coefficient (Wildman–Crippen LogP) is 5.38. The zero-order valence-electron chi connectivity index (χ0n) is 16.7. The van der Waals surface area contributed by atoms with Gasteiger partial charge in [-0.15, -0.1) is 0 Å². The van der Waals surface area contributed by atoms with Crippen molar-refractivity contribution in [3.63, 3.8) is 0 Å². The number of quaternary nitrogens is 1. The second-order valence-corrected chi connectivity index (χ2v) is 9.90. The summed E-state index contributed by atoms with van der Waals surface area (Å²) in [6.07, 6.45) is 12.8.